The molecule has 1 aromatic rings. The highest BCUT2D eigenvalue weighted by Gasteiger charge is 2.31. The van der Waals surface area contributed by atoms with Crippen molar-refractivity contribution in [2.75, 3.05) is 19.8 Å². The van der Waals surface area contributed by atoms with Crippen molar-refractivity contribution < 1.29 is 13.8 Å². The Hall–Kier alpha value is -1.77. The lowest BCUT2D eigenvalue weighted by atomic mass is 10.1. The Labute approximate surface area is 163 Å². The molecule has 0 bridgehead atoms. The van der Waals surface area contributed by atoms with E-state index in [1.807, 2.05) is 24.3 Å². The Morgan fingerprint density at radius 3 is 2.30 bits per heavy atom. The standard InChI is InChI=1S/C20H28N3O3P/c1-15(2)23(16(3)4)27(25-13-8-11-21)26-14-12-22-17(5)18-9-6-7-10-19(18)20(22)24/h6-7,9-10,15-16H,5,8,12-14H2,1-4H3. The molecule has 0 saturated carbocycles. The first kappa shape index (κ1) is 21.5. The third-order valence-corrected chi connectivity index (χ3v) is 6.33. The zero-order valence-electron chi connectivity index (χ0n) is 16.5. The minimum absolute atomic E-state index is 0.0431. The van der Waals surface area contributed by atoms with Gasteiger partial charge in [-0.05, 0) is 33.8 Å². The van der Waals surface area contributed by atoms with Crippen LogP contribution in [-0.4, -0.2) is 47.3 Å². The predicted molar refractivity (Wildman–Crippen MR) is 108 cm³/mol. The molecule has 1 aromatic carbocycles. The lowest BCUT2D eigenvalue weighted by Crippen LogP contribution is -2.34. The number of hydrogen-bond donors (Lipinski definition) is 0. The van der Waals surface area contributed by atoms with Crippen molar-refractivity contribution in [3.63, 3.8) is 0 Å². The minimum Gasteiger partial charge on any atom is -0.321 e. The number of benzene rings is 1. The largest absolute Gasteiger partial charge is 0.321 e. The summed E-state index contributed by atoms with van der Waals surface area (Å²) in [6, 6.07) is 10.1. The van der Waals surface area contributed by atoms with Crippen molar-refractivity contribution in [2.24, 2.45) is 0 Å². The van der Waals surface area contributed by atoms with E-state index >= 15 is 0 Å². The van der Waals surface area contributed by atoms with Gasteiger partial charge < -0.3 is 13.9 Å². The van der Waals surface area contributed by atoms with Crippen LogP contribution in [0.5, 0.6) is 0 Å². The highest BCUT2D eigenvalue weighted by atomic mass is 31.2. The van der Waals surface area contributed by atoms with E-state index in [4.69, 9.17) is 14.3 Å². The normalized spacial score (nSPS) is 15.0. The molecule has 1 unspecified atom stereocenters. The second kappa shape index (κ2) is 9.96. The second-order valence-electron chi connectivity index (χ2n) is 6.83. The smallest absolute Gasteiger partial charge is 0.259 e. The van der Waals surface area contributed by atoms with Crippen LogP contribution in [0.1, 0.15) is 50.0 Å². The number of nitrogens with zero attached hydrogens (tertiary/aromatic N) is 3. The van der Waals surface area contributed by atoms with E-state index in [-0.39, 0.29) is 18.0 Å². The van der Waals surface area contributed by atoms with E-state index in [9.17, 15) is 4.79 Å². The first-order valence-electron chi connectivity index (χ1n) is 9.19. The third-order valence-electron chi connectivity index (χ3n) is 4.22. The van der Waals surface area contributed by atoms with Crippen molar-refractivity contribution in [2.45, 2.75) is 46.2 Å². The van der Waals surface area contributed by atoms with Crippen LogP contribution >= 0.6 is 8.53 Å². The summed E-state index contributed by atoms with van der Waals surface area (Å²) in [5.74, 6) is -0.0431. The fourth-order valence-corrected chi connectivity index (χ4v) is 4.68. The van der Waals surface area contributed by atoms with Crippen LogP contribution in [0.2, 0.25) is 0 Å². The van der Waals surface area contributed by atoms with Gasteiger partial charge in [-0.2, -0.15) is 5.26 Å². The van der Waals surface area contributed by atoms with Crippen LogP contribution in [-0.2, 0) is 9.05 Å². The molecule has 0 saturated heterocycles. The summed E-state index contributed by atoms with van der Waals surface area (Å²) in [6.07, 6.45) is 0.322. The minimum atomic E-state index is -1.31. The fraction of sp³-hybridized carbons (Fsp3) is 0.500. The summed E-state index contributed by atoms with van der Waals surface area (Å²) < 4.78 is 14.1. The van der Waals surface area contributed by atoms with E-state index < -0.39 is 8.53 Å². The summed E-state index contributed by atoms with van der Waals surface area (Å²) in [4.78, 5) is 14.2. The van der Waals surface area contributed by atoms with Crippen LogP contribution in [0.25, 0.3) is 5.70 Å². The van der Waals surface area contributed by atoms with Gasteiger partial charge in [-0.25, -0.2) is 4.67 Å². The highest BCUT2D eigenvalue weighted by Crippen LogP contribution is 2.46. The van der Waals surface area contributed by atoms with Crippen molar-refractivity contribution in [1.82, 2.24) is 9.57 Å². The molecule has 0 aliphatic carbocycles. The van der Waals surface area contributed by atoms with Gasteiger partial charge in [-0.15, -0.1) is 0 Å². The molecular formula is C20H28N3O3P. The van der Waals surface area contributed by atoms with Gasteiger partial charge in [0.1, 0.15) is 0 Å². The summed E-state index contributed by atoms with van der Waals surface area (Å²) >= 11 is 0. The molecular weight excluding hydrogens is 361 g/mol. The number of nitriles is 1. The molecule has 6 nitrogen and oxygen atoms in total. The molecule has 0 spiro atoms. The molecule has 1 amide bonds. The van der Waals surface area contributed by atoms with E-state index in [2.05, 4.69) is 45.0 Å². The number of rotatable bonds is 10. The molecule has 1 heterocycles. The lowest BCUT2D eigenvalue weighted by Gasteiger charge is -2.35. The average molecular weight is 389 g/mol. The van der Waals surface area contributed by atoms with E-state index in [1.165, 1.54) is 0 Å². The predicted octanol–water partition coefficient (Wildman–Crippen LogP) is 4.41. The zero-order chi connectivity index (χ0) is 20.0. The SMILES string of the molecule is C=C1c2ccccc2C(=O)N1CCOP(OCCC#N)N(C(C)C)C(C)C. The van der Waals surface area contributed by atoms with Gasteiger partial charge in [0, 0.05) is 28.9 Å². The van der Waals surface area contributed by atoms with Gasteiger partial charge in [-0.3, -0.25) is 4.79 Å². The Balaban J connectivity index is 2.00. The van der Waals surface area contributed by atoms with Crippen molar-refractivity contribution >= 4 is 20.1 Å². The molecule has 0 fully saturated rings. The van der Waals surface area contributed by atoms with E-state index in [0.29, 0.717) is 37.4 Å². The summed E-state index contributed by atoms with van der Waals surface area (Å²) in [5.41, 5.74) is 2.26. The maximum absolute atomic E-state index is 12.6. The van der Waals surface area contributed by atoms with Crippen LogP contribution in [0.4, 0.5) is 0 Å². The van der Waals surface area contributed by atoms with Crippen LogP contribution in [0.15, 0.2) is 30.8 Å². The number of hydrogen-bond acceptors (Lipinski definition) is 5. The maximum Gasteiger partial charge on any atom is 0.259 e. The van der Waals surface area contributed by atoms with Crippen LogP contribution in [0.3, 0.4) is 0 Å². The molecule has 146 valence electrons. The average Bonchev–Trinajstić information content (AvgIpc) is 2.86. The molecule has 1 aliphatic heterocycles. The Morgan fingerprint density at radius 2 is 1.74 bits per heavy atom. The van der Waals surface area contributed by atoms with Crippen molar-refractivity contribution in [3.8, 4) is 6.07 Å². The van der Waals surface area contributed by atoms with Gasteiger partial charge in [-0.1, -0.05) is 24.8 Å². The van der Waals surface area contributed by atoms with E-state index in [1.54, 1.807) is 4.90 Å². The van der Waals surface area contributed by atoms with Crippen molar-refractivity contribution in [1.29, 1.82) is 5.26 Å². The second-order valence-corrected chi connectivity index (χ2v) is 8.28. The molecule has 0 radical (unpaired) electrons. The molecule has 1 atom stereocenters. The van der Waals surface area contributed by atoms with E-state index in [0.717, 1.165) is 5.56 Å². The van der Waals surface area contributed by atoms with Gasteiger partial charge in [0.15, 0.2) is 0 Å². The van der Waals surface area contributed by atoms with Crippen molar-refractivity contribution in [3.05, 3.63) is 42.0 Å². The van der Waals surface area contributed by atoms with Gasteiger partial charge in [0.2, 0.25) is 0 Å². The number of carbonyl (C=O) groups is 1. The van der Waals surface area contributed by atoms with Crippen LogP contribution < -0.4 is 0 Å². The molecule has 27 heavy (non-hydrogen) atoms. The van der Waals surface area contributed by atoms with Crippen LogP contribution in [0, 0.1) is 11.3 Å². The first-order valence-corrected chi connectivity index (χ1v) is 10.3. The number of fused-ring (bicyclic) bond motifs is 1. The lowest BCUT2D eigenvalue weighted by molar-refractivity contribution is 0.0825. The molecule has 0 N–H and O–H groups in total. The monoisotopic (exact) mass is 389 g/mol. The summed E-state index contributed by atoms with van der Waals surface area (Å²) in [6.45, 7) is 13.5. The first-order chi connectivity index (χ1) is 12.9. The molecule has 2 rings (SSSR count). The molecule has 1 aliphatic rings. The topological polar surface area (TPSA) is 65.8 Å². The summed E-state index contributed by atoms with van der Waals surface area (Å²) in [5, 5.41) is 8.77. The number of amides is 1. The summed E-state index contributed by atoms with van der Waals surface area (Å²) in [7, 11) is -1.31. The van der Waals surface area contributed by atoms with Gasteiger partial charge in [0.25, 0.3) is 14.4 Å². The number of carbonyl (C=O) groups excluding carboxylic acids is 1. The Morgan fingerprint density at radius 1 is 1.15 bits per heavy atom. The Bertz CT molecular complexity index is 672. The Kier molecular flexibility index (Phi) is 7.94. The molecule has 0 aromatic heterocycles. The van der Waals surface area contributed by atoms with Gasteiger partial charge >= 0.3 is 0 Å². The third kappa shape index (κ3) is 5.15. The highest BCUT2D eigenvalue weighted by molar-refractivity contribution is 7.44. The fourth-order valence-electron chi connectivity index (χ4n) is 3.09. The quantitative estimate of drug-likeness (QED) is 0.438. The van der Waals surface area contributed by atoms with Gasteiger partial charge in [0.05, 0.1) is 32.2 Å². The molecule has 7 heteroatoms. The zero-order valence-corrected chi connectivity index (χ0v) is 17.4. The maximum atomic E-state index is 12.6.